The van der Waals surface area contributed by atoms with Gasteiger partial charge in [-0.2, -0.15) is 0 Å². The fraction of sp³-hybridized carbons (Fsp3) is 0.902. The molecule has 7 atom stereocenters. The van der Waals surface area contributed by atoms with Gasteiger partial charge in [0, 0.05) is 18.8 Å². The van der Waals surface area contributed by atoms with Gasteiger partial charge in [0.1, 0.15) is 11.9 Å². The minimum Gasteiger partial charge on any atom is -0.462 e. The number of ketones is 1. The maximum Gasteiger partial charge on any atom is 0.306 e. The van der Waals surface area contributed by atoms with E-state index >= 15 is 0 Å². The summed E-state index contributed by atoms with van der Waals surface area (Å²) in [6.45, 7) is 9.07. The SMILES string of the molecule is CCCCCCCCCCCCCCCCCCCC(=O)OC1CC[C@@]2(C)C(=CC[C@H]3[C@@H]4CC[C@H](C(C)=O)[C@@]4(C)CC[C@@H]32)C1. The number of unbranched alkanes of at least 4 members (excludes halogenated alkanes) is 16. The van der Waals surface area contributed by atoms with E-state index in [9.17, 15) is 9.59 Å². The predicted molar refractivity (Wildman–Crippen MR) is 185 cm³/mol. The first-order valence-electron chi connectivity index (χ1n) is 19.7. The molecule has 4 rings (SSSR count). The third-order valence-electron chi connectivity index (χ3n) is 13.3. The van der Waals surface area contributed by atoms with Crippen molar-refractivity contribution in [3.05, 3.63) is 11.6 Å². The fourth-order valence-electron chi connectivity index (χ4n) is 10.6. The Bertz CT molecular complexity index is 921. The molecule has 0 aromatic rings. The van der Waals surface area contributed by atoms with E-state index in [0.717, 1.165) is 50.4 Å². The topological polar surface area (TPSA) is 43.4 Å². The highest BCUT2D eigenvalue weighted by atomic mass is 16.5. The van der Waals surface area contributed by atoms with Crippen LogP contribution >= 0.6 is 0 Å². The summed E-state index contributed by atoms with van der Waals surface area (Å²) in [7, 11) is 0. The van der Waals surface area contributed by atoms with Crippen LogP contribution in [0.4, 0.5) is 0 Å². The van der Waals surface area contributed by atoms with Gasteiger partial charge in [-0.15, -0.1) is 0 Å². The average molecular weight is 611 g/mol. The van der Waals surface area contributed by atoms with Crippen molar-refractivity contribution in [1.82, 2.24) is 0 Å². The van der Waals surface area contributed by atoms with Gasteiger partial charge in [-0.3, -0.25) is 9.59 Å². The maximum atomic E-state index is 12.7. The minimum atomic E-state index is 0.0310. The highest BCUT2D eigenvalue weighted by Crippen LogP contribution is 2.66. The Labute approximate surface area is 272 Å². The summed E-state index contributed by atoms with van der Waals surface area (Å²) in [6, 6.07) is 0. The van der Waals surface area contributed by atoms with Crippen LogP contribution in [0.2, 0.25) is 0 Å². The maximum absolute atomic E-state index is 12.7. The Morgan fingerprint density at radius 2 is 1.30 bits per heavy atom. The molecule has 0 aromatic heterocycles. The lowest BCUT2D eigenvalue weighted by Crippen LogP contribution is -2.51. The Kier molecular flexibility index (Phi) is 14.4. The zero-order valence-corrected chi connectivity index (χ0v) is 29.6. The van der Waals surface area contributed by atoms with E-state index in [1.165, 1.54) is 122 Å². The Balaban J connectivity index is 1.03. The molecule has 0 spiro atoms. The predicted octanol–water partition coefficient (Wildman–Crippen LogP) is 12.1. The molecule has 1 unspecified atom stereocenters. The molecule has 0 bridgehead atoms. The zero-order chi connectivity index (χ0) is 31.4. The van der Waals surface area contributed by atoms with E-state index in [2.05, 4.69) is 26.8 Å². The van der Waals surface area contributed by atoms with Crippen molar-refractivity contribution in [1.29, 1.82) is 0 Å². The van der Waals surface area contributed by atoms with Crippen LogP contribution in [0.1, 0.15) is 195 Å². The van der Waals surface area contributed by atoms with Gasteiger partial charge in [0.25, 0.3) is 0 Å². The second kappa shape index (κ2) is 17.7. The van der Waals surface area contributed by atoms with Crippen LogP contribution in [-0.4, -0.2) is 17.9 Å². The van der Waals surface area contributed by atoms with Crippen molar-refractivity contribution in [2.24, 2.45) is 34.5 Å². The standard InChI is InChI=1S/C41H70O3/c1-5-6-7-8-9-10-11-12-13-14-15-16-17-18-19-20-21-22-39(43)44-34-27-29-40(3)33(31-34)23-24-35-37-26-25-36(32(2)42)41(37,4)30-28-38(35)40/h23,34-38H,5-22,24-31H2,1-4H3/t34?,35-,36+,37-,38-,40-,41+/m0/s1. The smallest absolute Gasteiger partial charge is 0.306 e. The van der Waals surface area contributed by atoms with E-state index in [0.29, 0.717) is 18.1 Å². The van der Waals surface area contributed by atoms with E-state index in [1.807, 2.05) is 6.92 Å². The molecular formula is C41H70O3. The highest BCUT2D eigenvalue weighted by molar-refractivity contribution is 5.79. The molecule has 0 amide bonds. The summed E-state index contributed by atoms with van der Waals surface area (Å²) in [5, 5.41) is 0. The molecule has 0 aliphatic heterocycles. The summed E-state index contributed by atoms with van der Waals surface area (Å²) in [5.41, 5.74) is 2.05. The van der Waals surface area contributed by atoms with Crippen LogP contribution in [0.3, 0.4) is 0 Å². The first kappa shape index (κ1) is 35.7. The summed E-state index contributed by atoms with van der Waals surface area (Å²) in [4.78, 5) is 25.2. The Morgan fingerprint density at radius 1 is 0.727 bits per heavy atom. The van der Waals surface area contributed by atoms with Gasteiger partial charge in [0.2, 0.25) is 0 Å². The van der Waals surface area contributed by atoms with Crippen LogP contribution in [0, 0.1) is 34.5 Å². The van der Waals surface area contributed by atoms with Gasteiger partial charge in [-0.05, 0) is 86.9 Å². The van der Waals surface area contributed by atoms with Crippen molar-refractivity contribution in [3.8, 4) is 0 Å². The number of allylic oxidation sites excluding steroid dienone is 1. The number of hydrogen-bond donors (Lipinski definition) is 0. The van der Waals surface area contributed by atoms with Crippen LogP contribution < -0.4 is 0 Å². The van der Waals surface area contributed by atoms with Gasteiger partial charge in [-0.1, -0.05) is 135 Å². The molecule has 0 radical (unpaired) electrons. The lowest BCUT2D eigenvalue weighted by Gasteiger charge is -2.58. The van der Waals surface area contributed by atoms with E-state index in [4.69, 9.17) is 4.74 Å². The molecule has 4 aliphatic rings. The number of Topliss-reactive ketones (excluding diaryl/α,β-unsaturated/α-hetero) is 1. The second-order valence-corrected chi connectivity index (χ2v) is 16.3. The first-order valence-corrected chi connectivity index (χ1v) is 19.7. The van der Waals surface area contributed by atoms with Crippen molar-refractivity contribution in [2.75, 3.05) is 0 Å². The van der Waals surface area contributed by atoms with E-state index < -0.39 is 0 Å². The zero-order valence-electron chi connectivity index (χ0n) is 29.6. The number of hydrogen-bond acceptors (Lipinski definition) is 3. The van der Waals surface area contributed by atoms with Crippen molar-refractivity contribution in [3.63, 3.8) is 0 Å². The number of rotatable bonds is 20. The minimum absolute atomic E-state index is 0.0310. The Morgan fingerprint density at radius 3 is 1.86 bits per heavy atom. The van der Waals surface area contributed by atoms with Crippen LogP contribution in [0.15, 0.2) is 11.6 Å². The van der Waals surface area contributed by atoms with Gasteiger partial charge >= 0.3 is 5.97 Å². The quantitative estimate of drug-likeness (QED) is 0.0782. The monoisotopic (exact) mass is 611 g/mol. The molecular weight excluding hydrogens is 540 g/mol. The first-order chi connectivity index (χ1) is 21.3. The summed E-state index contributed by atoms with van der Waals surface area (Å²) in [5.74, 6) is 2.89. The summed E-state index contributed by atoms with van der Waals surface area (Å²) in [6.07, 6.45) is 35.4. The third-order valence-corrected chi connectivity index (χ3v) is 13.3. The van der Waals surface area contributed by atoms with Gasteiger partial charge in [0.15, 0.2) is 0 Å². The van der Waals surface area contributed by atoms with Crippen LogP contribution in [-0.2, 0) is 14.3 Å². The molecule has 0 N–H and O–H groups in total. The summed E-state index contributed by atoms with van der Waals surface area (Å²) < 4.78 is 6.06. The van der Waals surface area contributed by atoms with E-state index in [1.54, 1.807) is 5.57 Å². The second-order valence-electron chi connectivity index (χ2n) is 16.3. The van der Waals surface area contributed by atoms with Crippen molar-refractivity contribution in [2.45, 2.75) is 201 Å². The number of esters is 1. The highest BCUT2D eigenvalue weighted by Gasteiger charge is 2.59. The van der Waals surface area contributed by atoms with Crippen LogP contribution in [0.25, 0.3) is 0 Å². The molecule has 0 aromatic carbocycles. The van der Waals surface area contributed by atoms with Crippen LogP contribution in [0.5, 0.6) is 0 Å². The van der Waals surface area contributed by atoms with Crippen molar-refractivity contribution < 1.29 is 14.3 Å². The fourth-order valence-corrected chi connectivity index (χ4v) is 10.6. The largest absolute Gasteiger partial charge is 0.462 e. The molecule has 3 heteroatoms. The lowest BCUT2D eigenvalue weighted by molar-refractivity contribution is -0.151. The third kappa shape index (κ3) is 9.24. The molecule has 0 heterocycles. The van der Waals surface area contributed by atoms with Gasteiger partial charge in [-0.25, -0.2) is 0 Å². The molecule has 252 valence electrons. The lowest BCUT2D eigenvalue weighted by atomic mass is 9.47. The number of carbonyl (C=O) groups is 2. The molecule has 4 aliphatic carbocycles. The van der Waals surface area contributed by atoms with E-state index in [-0.39, 0.29) is 28.8 Å². The molecule has 44 heavy (non-hydrogen) atoms. The average Bonchev–Trinajstić information content (AvgIpc) is 3.36. The number of ether oxygens (including phenoxy) is 1. The molecule has 3 nitrogen and oxygen atoms in total. The van der Waals surface area contributed by atoms with Gasteiger partial charge in [0.05, 0.1) is 0 Å². The normalized spacial score (nSPS) is 32.8. The van der Waals surface area contributed by atoms with Crippen molar-refractivity contribution >= 4 is 11.8 Å². The molecule has 3 saturated carbocycles. The van der Waals surface area contributed by atoms with Gasteiger partial charge < -0.3 is 4.74 Å². The number of fused-ring (bicyclic) bond motifs is 5. The molecule has 3 fully saturated rings. The number of carbonyl (C=O) groups excluding carboxylic acids is 2. The Hall–Kier alpha value is -1.12. The molecule has 0 saturated heterocycles. The summed E-state index contributed by atoms with van der Waals surface area (Å²) >= 11 is 0.